The van der Waals surface area contributed by atoms with Gasteiger partial charge >= 0.3 is 4.87 Å². The summed E-state index contributed by atoms with van der Waals surface area (Å²) in [5, 5.41) is 5.25. The standard InChI is InChI=1S/C33H24ClN3O6S2/c1-42-24-15-19(7-13-23(24)43-16-25(38)35-21-10-6-17-4-2-3-5-18(17)14-21)26-27-29(44-30-28(26)45-33(41)36-30)32(40)37(31(27)39)22-11-8-20(34)9-12-22/h2-15,26-27,29H,16H2,1H3,(H,35,38)(H,36,41). The number of ether oxygens (including phenoxy) is 2. The molecular formula is C33H24ClN3O6S2. The Labute approximate surface area is 270 Å². The summed E-state index contributed by atoms with van der Waals surface area (Å²) in [5.74, 6) is -1.75. The molecular weight excluding hydrogens is 634 g/mol. The fraction of sp³-hybridized carbons (Fsp3) is 0.152. The fourth-order valence-corrected chi connectivity index (χ4v) is 8.47. The van der Waals surface area contributed by atoms with Crippen LogP contribution in [0.3, 0.4) is 0 Å². The van der Waals surface area contributed by atoms with Crippen LogP contribution in [-0.4, -0.2) is 41.7 Å². The Bertz CT molecular complexity index is 2040. The first-order chi connectivity index (χ1) is 21.8. The van der Waals surface area contributed by atoms with Gasteiger partial charge in [0, 0.05) is 21.5 Å². The summed E-state index contributed by atoms with van der Waals surface area (Å²) in [4.78, 5) is 57.2. The summed E-state index contributed by atoms with van der Waals surface area (Å²) in [6, 6.07) is 25.2. The van der Waals surface area contributed by atoms with Crippen LogP contribution in [0.15, 0.2) is 94.7 Å². The van der Waals surface area contributed by atoms with E-state index in [1.165, 1.54) is 23.8 Å². The van der Waals surface area contributed by atoms with Gasteiger partial charge in [0.25, 0.3) is 5.91 Å². The van der Waals surface area contributed by atoms with E-state index in [9.17, 15) is 19.2 Å². The lowest BCUT2D eigenvalue weighted by Gasteiger charge is -2.30. The van der Waals surface area contributed by atoms with Crippen molar-refractivity contribution in [3.8, 4) is 11.5 Å². The lowest BCUT2D eigenvalue weighted by atomic mass is 9.83. The van der Waals surface area contributed by atoms with Crippen LogP contribution in [-0.2, 0) is 14.4 Å². The van der Waals surface area contributed by atoms with E-state index < -0.39 is 17.1 Å². The van der Waals surface area contributed by atoms with E-state index in [-0.39, 0.29) is 29.2 Å². The van der Waals surface area contributed by atoms with Crippen LogP contribution in [0.25, 0.3) is 10.8 Å². The zero-order chi connectivity index (χ0) is 31.2. The molecule has 0 radical (unpaired) electrons. The zero-order valence-corrected chi connectivity index (χ0v) is 26.0. The van der Waals surface area contributed by atoms with Gasteiger partial charge < -0.3 is 19.8 Å². The van der Waals surface area contributed by atoms with Gasteiger partial charge in [0.2, 0.25) is 11.8 Å². The van der Waals surface area contributed by atoms with Gasteiger partial charge in [-0.15, -0.1) is 0 Å². The number of hydrogen-bond donors (Lipinski definition) is 2. The summed E-state index contributed by atoms with van der Waals surface area (Å²) < 4.78 is 11.5. The number of nitrogens with one attached hydrogen (secondary N) is 2. The predicted molar refractivity (Wildman–Crippen MR) is 175 cm³/mol. The molecule has 0 bridgehead atoms. The Morgan fingerprint density at radius 1 is 0.933 bits per heavy atom. The predicted octanol–water partition coefficient (Wildman–Crippen LogP) is 6.06. The maximum absolute atomic E-state index is 13.9. The van der Waals surface area contributed by atoms with E-state index in [2.05, 4.69) is 10.3 Å². The third-order valence-corrected chi connectivity index (χ3v) is 10.5. The second kappa shape index (κ2) is 11.7. The molecule has 2 aliphatic heterocycles. The topological polar surface area (TPSA) is 118 Å². The third-order valence-electron chi connectivity index (χ3n) is 7.85. The first-order valence-corrected chi connectivity index (χ1v) is 16.0. The molecule has 4 aromatic carbocycles. The normalized spacial score (nSPS) is 18.9. The first kappa shape index (κ1) is 29.1. The van der Waals surface area contributed by atoms with Crippen molar-refractivity contribution in [2.24, 2.45) is 5.92 Å². The molecule has 0 saturated carbocycles. The number of hydrogen-bond acceptors (Lipinski definition) is 8. The van der Waals surface area contributed by atoms with Crippen LogP contribution in [0.1, 0.15) is 16.4 Å². The summed E-state index contributed by atoms with van der Waals surface area (Å²) in [7, 11) is 1.48. The number of nitrogens with zero attached hydrogens (tertiary/aromatic N) is 1. The number of aromatic nitrogens is 1. The molecule has 3 unspecified atom stereocenters. The van der Waals surface area contributed by atoms with Crippen molar-refractivity contribution in [3.63, 3.8) is 0 Å². The molecule has 0 spiro atoms. The summed E-state index contributed by atoms with van der Waals surface area (Å²) in [6.45, 7) is -0.264. The molecule has 9 nitrogen and oxygen atoms in total. The first-order valence-electron chi connectivity index (χ1n) is 13.9. The molecule has 3 amide bonds. The minimum atomic E-state index is -0.763. The largest absolute Gasteiger partial charge is 0.493 e. The molecule has 45 heavy (non-hydrogen) atoms. The summed E-state index contributed by atoms with van der Waals surface area (Å²) in [6.07, 6.45) is 0. The van der Waals surface area contributed by atoms with E-state index >= 15 is 0 Å². The highest BCUT2D eigenvalue weighted by atomic mass is 35.5. The Morgan fingerprint density at radius 2 is 1.71 bits per heavy atom. The molecule has 2 aliphatic rings. The lowest BCUT2D eigenvalue weighted by molar-refractivity contribution is -0.122. The third kappa shape index (κ3) is 5.37. The number of rotatable bonds is 7. The minimum absolute atomic E-state index is 0.264. The van der Waals surface area contributed by atoms with Crippen molar-refractivity contribution < 1.29 is 23.9 Å². The van der Waals surface area contributed by atoms with Crippen molar-refractivity contribution in [1.82, 2.24) is 4.98 Å². The number of fused-ring (bicyclic) bond motifs is 3. The number of carbonyl (C=O) groups is 3. The number of carbonyl (C=O) groups excluding carboxylic acids is 3. The Kier molecular flexibility index (Phi) is 7.60. The van der Waals surface area contributed by atoms with Crippen LogP contribution in [0, 0.1) is 5.92 Å². The molecule has 3 heterocycles. The highest BCUT2D eigenvalue weighted by Gasteiger charge is 2.56. The minimum Gasteiger partial charge on any atom is -0.493 e. The molecule has 12 heteroatoms. The van der Waals surface area contributed by atoms with E-state index in [0.717, 1.165) is 22.1 Å². The van der Waals surface area contributed by atoms with E-state index in [1.54, 1.807) is 42.5 Å². The molecule has 3 atom stereocenters. The number of benzene rings is 4. The second-order valence-corrected chi connectivity index (χ2v) is 13.2. The van der Waals surface area contributed by atoms with Gasteiger partial charge in [-0.3, -0.25) is 19.2 Å². The van der Waals surface area contributed by atoms with Crippen LogP contribution >= 0.6 is 34.7 Å². The average Bonchev–Trinajstić information content (AvgIpc) is 3.54. The average molecular weight is 658 g/mol. The SMILES string of the molecule is COc1cc(C2c3sc(=O)[nH]c3SC3C(=O)N(c4ccc(Cl)cc4)C(=O)C32)ccc1OCC(=O)Nc1ccc2ccccc2c1. The molecule has 1 saturated heterocycles. The van der Waals surface area contributed by atoms with Gasteiger partial charge in [0.05, 0.1) is 23.7 Å². The molecule has 2 N–H and O–H groups in total. The molecule has 1 aromatic heterocycles. The van der Waals surface area contributed by atoms with Crippen molar-refractivity contribution >= 4 is 74.6 Å². The lowest BCUT2D eigenvalue weighted by Crippen LogP contribution is -2.32. The molecule has 1 fully saturated rings. The molecule has 0 aliphatic carbocycles. The van der Waals surface area contributed by atoms with Crippen LogP contribution in [0.5, 0.6) is 11.5 Å². The number of H-pyrrole nitrogens is 1. The summed E-state index contributed by atoms with van der Waals surface area (Å²) in [5.41, 5.74) is 1.76. The van der Waals surface area contributed by atoms with Crippen LogP contribution < -0.4 is 24.6 Å². The fourth-order valence-electron chi connectivity index (χ4n) is 5.83. The molecule has 5 aromatic rings. The van der Waals surface area contributed by atoms with Crippen molar-refractivity contribution in [2.75, 3.05) is 23.9 Å². The van der Waals surface area contributed by atoms with E-state index in [1.807, 2.05) is 42.5 Å². The van der Waals surface area contributed by atoms with Gasteiger partial charge in [0.1, 0.15) is 5.25 Å². The smallest absolute Gasteiger partial charge is 0.305 e. The highest BCUT2D eigenvalue weighted by molar-refractivity contribution is 8.00. The quantitative estimate of drug-likeness (QED) is 0.204. The van der Waals surface area contributed by atoms with Gasteiger partial charge in [-0.1, -0.05) is 71.1 Å². The Balaban J connectivity index is 1.15. The van der Waals surface area contributed by atoms with Gasteiger partial charge in [-0.05, 0) is 64.9 Å². The number of methoxy groups -OCH3 is 1. The van der Waals surface area contributed by atoms with E-state index in [4.69, 9.17) is 21.1 Å². The van der Waals surface area contributed by atoms with Crippen LogP contribution in [0.4, 0.5) is 11.4 Å². The monoisotopic (exact) mass is 657 g/mol. The number of imide groups is 1. The number of amides is 3. The molecule has 7 rings (SSSR count). The molecule has 226 valence electrons. The second-order valence-electron chi connectivity index (χ2n) is 10.5. The van der Waals surface area contributed by atoms with Crippen molar-refractivity contribution in [1.29, 1.82) is 0 Å². The number of halogens is 1. The maximum Gasteiger partial charge on any atom is 0.305 e. The Morgan fingerprint density at radius 3 is 2.49 bits per heavy atom. The Hall–Kier alpha value is -4.58. The maximum atomic E-state index is 13.9. The summed E-state index contributed by atoms with van der Waals surface area (Å²) >= 11 is 8.27. The number of thioether (sulfide) groups is 1. The van der Waals surface area contributed by atoms with Gasteiger partial charge in [0.15, 0.2) is 18.1 Å². The van der Waals surface area contributed by atoms with Gasteiger partial charge in [-0.2, -0.15) is 0 Å². The van der Waals surface area contributed by atoms with E-state index in [0.29, 0.717) is 43.4 Å². The number of anilines is 2. The number of thiazole rings is 1. The van der Waals surface area contributed by atoms with Crippen LogP contribution in [0.2, 0.25) is 5.02 Å². The number of aromatic amines is 1. The zero-order valence-electron chi connectivity index (χ0n) is 23.6. The van der Waals surface area contributed by atoms with Gasteiger partial charge in [-0.25, -0.2) is 4.90 Å². The highest BCUT2D eigenvalue weighted by Crippen LogP contribution is 2.53. The van der Waals surface area contributed by atoms with Crippen molar-refractivity contribution in [2.45, 2.75) is 16.2 Å². The van der Waals surface area contributed by atoms with Crippen molar-refractivity contribution in [3.05, 3.63) is 110 Å².